The molecule has 2 aromatic carbocycles. The number of benzene rings is 2. The van der Waals surface area contributed by atoms with E-state index in [1.54, 1.807) is 19.1 Å². The summed E-state index contributed by atoms with van der Waals surface area (Å²) < 4.78 is 11.1. The van der Waals surface area contributed by atoms with Crippen molar-refractivity contribution in [2.45, 2.75) is 33.2 Å². The maximum atomic E-state index is 12.8. The van der Waals surface area contributed by atoms with Crippen molar-refractivity contribution >= 4 is 22.8 Å². The predicted molar refractivity (Wildman–Crippen MR) is 111 cm³/mol. The summed E-state index contributed by atoms with van der Waals surface area (Å²) in [6, 6.07) is 13.9. The number of carbonyl (C=O) groups is 2. The third-order valence-electron chi connectivity index (χ3n) is 4.75. The van der Waals surface area contributed by atoms with Gasteiger partial charge < -0.3 is 14.5 Å². The Balaban J connectivity index is 1.97. The van der Waals surface area contributed by atoms with Crippen LogP contribution in [0.2, 0.25) is 0 Å². The van der Waals surface area contributed by atoms with Gasteiger partial charge in [0.1, 0.15) is 11.3 Å². The first-order valence-electron chi connectivity index (χ1n) is 9.50. The van der Waals surface area contributed by atoms with Crippen molar-refractivity contribution < 1.29 is 18.7 Å². The zero-order valence-electron chi connectivity index (χ0n) is 16.7. The van der Waals surface area contributed by atoms with Gasteiger partial charge in [0.15, 0.2) is 17.6 Å². The molecule has 3 rings (SSSR count). The van der Waals surface area contributed by atoms with E-state index in [1.165, 1.54) is 6.07 Å². The highest BCUT2D eigenvalue weighted by Crippen LogP contribution is 2.27. The lowest BCUT2D eigenvalue weighted by Gasteiger charge is -2.12. The molecule has 29 heavy (non-hydrogen) atoms. The van der Waals surface area contributed by atoms with Crippen LogP contribution in [-0.2, 0) is 9.53 Å². The number of rotatable bonds is 6. The van der Waals surface area contributed by atoms with Crippen LogP contribution < -0.4 is 10.7 Å². The third kappa shape index (κ3) is 4.37. The molecule has 1 N–H and O–H groups in total. The fourth-order valence-corrected chi connectivity index (χ4v) is 2.96. The molecule has 0 aliphatic rings. The molecule has 1 amide bonds. The Labute approximate surface area is 168 Å². The minimum atomic E-state index is -0.721. The van der Waals surface area contributed by atoms with E-state index < -0.39 is 12.6 Å². The molecule has 0 saturated heterocycles. The van der Waals surface area contributed by atoms with E-state index in [2.05, 4.69) is 5.32 Å². The first-order valence-corrected chi connectivity index (χ1v) is 9.50. The van der Waals surface area contributed by atoms with Crippen LogP contribution in [0.4, 0.5) is 0 Å². The fraction of sp³-hybridized carbons (Fsp3) is 0.261. The molecular weight excluding hydrogens is 370 g/mol. The molecule has 3 aromatic rings. The highest BCUT2D eigenvalue weighted by atomic mass is 16.5. The maximum Gasteiger partial charge on any atom is 0.342 e. The van der Waals surface area contributed by atoms with Crippen LogP contribution in [0, 0.1) is 6.92 Å². The second-order valence-corrected chi connectivity index (χ2v) is 6.89. The van der Waals surface area contributed by atoms with E-state index in [0.29, 0.717) is 16.7 Å². The third-order valence-corrected chi connectivity index (χ3v) is 4.75. The zero-order chi connectivity index (χ0) is 21.0. The number of fused-ring (bicyclic) bond motifs is 1. The van der Waals surface area contributed by atoms with E-state index >= 15 is 0 Å². The summed E-state index contributed by atoms with van der Waals surface area (Å²) in [4.78, 5) is 37.3. The molecule has 0 aliphatic heterocycles. The summed E-state index contributed by atoms with van der Waals surface area (Å²) in [5, 5.41) is 3.02. The normalized spacial score (nSPS) is 11.8. The topological polar surface area (TPSA) is 85.6 Å². The highest BCUT2D eigenvalue weighted by molar-refractivity contribution is 6.02. The van der Waals surface area contributed by atoms with Crippen LogP contribution in [0.3, 0.4) is 0 Å². The van der Waals surface area contributed by atoms with Gasteiger partial charge in [0.2, 0.25) is 0 Å². The van der Waals surface area contributed by atoms with Crippen LogP contribution in [0.5, 0.6) is 0 Å². The number of ether oxygens (including phenoxy) is 1. The van der Waals surface area contributed by atoms with Crippen molar-refractivity contribution in [3.63, 3.8) is 0 Å². The first kappa shape index (κ1) is 20.3. The number of para-hydroxylation sites is 1. The van der Waals surface area contributed by atoms with Gasteiger partial charge in [-0.15, -0.1) is 0 Å². The van der Waals surface area contributed by atoms with Gasteiger partial charge in [-0.05, 0) is 32.4 Å². The second kappa shape index (κ2) is 8.73. The highest BCUT2D eigenvalue weighted by Gasteiger charge is 2.20. The molecule has 0 unspecified atom stereocenters. The molecule has 0 fully saturated rings. The number of amides is 1. The quantitative estimate of drug-likeness (QED) is 0.643. The number of esters is 1. The average molecular weight is 393 g/mol. The fourth-order valence-electron chi connectivity index (χ4n) is 2.96. The molecular formula is C23H23NO5. The van der Waals surface area contributed by atoms with E-state index in [9.17, 15) is 14.4 Å². The van der Waals surface area contributed by atoms with Gasteiger partial charge in [0.25, 0.3) is 5.91 Å². The molecule has 6 heteroatoms. The zero-order valence-corrected chi connectivity index (χ0v) is 16.7. The average Bonchev–Trinajstić information content (AvgIpc) is 2.74. The molecule has 0 bridgehead atoms. The SMILES string of the molecule is CC[C@H](C)NC(=O)COC(=O)c1cccc2c(=O)c(C)c(-c3ccccc3)oc12. The van der Waals surface area contributed by atoms with Gasteiger partial charge in [-0.2, -0.15) is 0 Å². The minimum absolute atomic E-state index is 0.00631. The van der Waals surface area contributed by atoms with Crippen LogP contribution in [-0.4, -0.2) is 24.5 Å². The Morgan fingerprint density at radius 2 is 1.83 bits per heavy atom. The Morgan fingerprint density at radius 1 is 1.10 bits per heavy atom. The predicted octanol–water partition coefficient (Wildman–Crippen LogP) is 3.84. The monoisotopic (exact) mass is 393 g/mol. The van der Waals surface area contributed by atoms with Gasteiger partial charge >= 0.3 is 5.97 Å². The number of nitrogens with one attached hydrogen (secondary N) is 1. The number of carbonyl (C=O) groups excluding carboxylic acids is 2. The standard InChI is InChI=1S/C23H23NO5/c1-4-14(2)24-19(25)13-28-23(27)18-12-8-11-17-20(26)15(3)21(29-22(17)18)16-9-6-5-7-10-16/h5-12,14H,4,13H2,1-3H3,(H,24,25)/t14-/m0/s1. The Kier molecular flexibility index (Phi) is 6.12. The summed E-state index contributed by atoms with van der Waals surface area (Å²) in [5.41, 5.74) is 1.24. The van der Waals surface area contributed by atoms with E-state index in [0.717, 1.165) is 12.0 Å². The lowest BCUT2D eigenvalue weighted by Crippen LogP contribution is -2.35. The summed E-state index contributed by atoms with van der Waals surface area (Å²) >= 11 is 0. The van der Waals surface area contributed by atoms with Crippen LogP contribution in [0.25, 0.3) is 22.3 Å². The van der Waals surface area contributed by atoms with Crippen LogP contribution in [0.1, 0.15) is 36.2 Å². The van der Waals surface area contributed by atoms with Crippen molar-refractivity contribution in [3.05, 3.63) is 69.9 Å². The molecule has 0 radical (unpaired) electrons. The Morgan fingerprint density at radius 3 is 2.52 bits per heavy atom. The Hall–Kier alpha value is -3.41. The van der Waals surface area contributed by atoms with Gasteiger partial charge in [0.05, 0.1) is 5.39 Å². The van der Waals surface area contributed by atoms with E-state index in [1.807, 2.05) is 44.2 Å². The van der Waals surface area contributed by atoms with E-state index in [4.69, 9.17) is 9.15 Å². The first-order chi connectivity index (χ1) is 13.9. The van der Waals surface area contributed by atoms with Crippen LogP contribution >= 0.6 is 0 Å². The lowest BCUT2D eigenvalue weighted by atomic mass is 10.0. The van der Waals surface area contributed by atoms with E-state index in [-0.39, 0.29) is 28.5 Å². The molecule has 0 saturated carbocycles. The molecule has 1 heterocycles. The van der Waals surface area contributed by atoms with Crippen molar-refractivity contribution in [1.29, 1.82) is 0 Å². The smallest absolute Gasteiger partial charge is 0.342 e. The molecule has 6 nitrogen and oxygen atoms in total. The van der Waals surface area contributed by atoms with Crippen molar-refractivity contribution in [2.24, 2.45) is 0 Å². The molecule has 0 aliphatic carbocycles. The molecule has 1 aromatic heterocycles. The van der Waals surface area contributed by atoms with Gasteiger partial charge in [0, 0.05) is 17.2 Å². The number of hydrogen-bond acceptors (Lipinski definition) is 5. The van der Waals surface area contributed by atoms with Crippen molar-refractivity contribution in [3.8, 4) is 11.3 Å². The molecule has 150 valence electrons. The minimum Gasteiger partial charge on any atom is -0.455 e. The van der Waals surface area contributed by atoms with Gasteiger partial charge in [-0.25, -0.2) is 4.79 Å². The maximum absolute atomic E-state index is 12.8. The summed E-state index contributed by atoms with van der Waals surface area (Å²) in [7, 11) is 0. The lowest BCUT2D eigenvalue weighted by molar-refractivity contribution is -0.124. The molecule has 0 spiro atoms. The van der Waals surface area contributed by atoms with Gasteiger partial charge in [-0.3, -0.25) is 9.59 Å². The molecule has 1 atom stereocenters. The van der Waals surface area contributed by atoms with Crippen molar-refractivity contribution in [1.82, 2.24) is 5.32 Å². The Bertz CT molecular complexity index is 1100. The van der Waals surface area contributed by atoms with Gasteiger partial charge in [-0.1, -0.05) is 43.3 Å². The summed E-state index contributed by atoms with van der Waals surface area (Å²) in [5.74, 6) is -0.700. The summed E-state index contributed by atoms with van der Waals surface area (Å²) in [6.07, 6.45) is 0.774. The largest absolute Gasteiger partial charge is 0.455 e. The second-order valence-electron chi connectivity index (χ2n) is 6.89. The number of hydrogen-bond donors (Lipinski definition) is 1. The van der Waals surface area contributed by atoms with Crippen LogP contribution in [0.15, 0.2) is 57.7 Å². The van der Waals surface area contributed by atoms with Crippen molar-refractivity contribution in [2.75, 3.05) is 6.61 Å². The summed E-state index contributed by atoms with van der Waals surface area (Å²) in [6.45, 7) is 5.10.